The third-order valence-corrected chi connectivity index (χ3v) is 3.50. The van der Waals surface area contributed by atoms with Crippen LogP contribution >= 0.6 is 0 Å². The summed E-state index contributed by atoms with van der Waals surface area (Å²) in [5.41, 5.74) is 4.13. The zero-order chi connectivity index (χ0) is 14.3. The fourth-order valence-corrected chi connectivity index (χ4v) is 1.93. The molecule has 100 valence electrons. The van der Waals surface area contributed by atoms with E-state index in [9.17, 15) is 9.90 Å². The van der Waals surface area contributed by atoms with Gasteiger partial charge in [0.25, 0.3) is 0 Å². The van der Waals surface area contributed by atoms with Crippen molar-refractivity contribution in [1.29, 1.82) is 0 Å². The molecule has 0 aliphatic heterocycles. The van der Waals surface area contributed by atoms with Crippen molar-refractivity contribution in [2.24, 2.45) is 0 Å². The van der Waals surface area contributed by atoms with E-state index in [0.717, 1.165) is 17.0 Å². The van der Waals surface area contributed by atoms with Crippen LogP contribution in [0.15, 0.2) is 0 Å². The van der Waals surface area contributed by atoms with Gasteiger partial charge in [-0.15, -0.1) is 5.10 Å². The molecule has 0 aromatic carbocycles. The number of aromatic nitrogens is 4. The van der Waals surface area contributed by atoms with Gasteiger partial charge in [-0.3, -0.25) is 0 Å². The van der Waals surface area contributed by atoms with Crippen molar-refractivity contribution < 1.29 is 9.90 Å². The van der Waals surface area contributed by atoms with Crippen LogP contribution < -0.4 is 0 Å². The average Bonchev–Trinajstić information content (AvgIpc) is 2.60. The Kier molecular flexibility index (Phi) is 3.09. The van der Waals surface area contributed by atoms with Crippen LogP contribution in [0.1, 0.15) is 38.6 Å². The van der Waals surface area contributed by atoms with Crippen LogP contribution in [0.2, 0.25) is 0 Å². The number of aromatic carboxylic acids is 1. The standard InChI is InChI=1S/C13H16N4O2/c1-6-9(4)16-17(10(6)5)12-11(13(18)19)7(2)8(3)14-15-12/h1-5H3,(H,18,19). The molecule has 6 heteroatoms. The molecule has 0 saturated heterocycles. The van der Waals surface area contributed by atoms with Crippen LogP contribution in [0.4, 0.5) is 0 Å². The number of carboxylic acids is 1. The van der Waals surface area contributed by atoms with Crippen molar-refractivity contribution >= 4 is 5.97 Å². The lowest BCUT2D eigenvalue weighted by molar-refractivity contribution is 0.0695. The molecule has 0 saturated carbocycles. The van der Waals surface area contributed by atoms with Gasteiger partial charge in [-0.2, -0.15) is 10.2 Å². The molecule has 19 heavy (non-hydrogen) atoms. The summed E-state index contributed by atoms with van der Waals surface area (Å²) in [6.45, 7) is 9.19. The molecular formula is C13H16N4O2. The van der Waals surface area contributed by atoms with Crippen molar-refractivity contribution in [1.82, 2.24) is 20.0 Å². The zero-order valence-electron chi connectivity index (χ0n) is 11.6. The third kappa shape index (κ3) is 1.99. The second-order valence-corrected chi connectivity index (χ2v) is 4.62. The highest BCUT2D eigenvalue weighted by molar-refractivity contribution is 5.92. The van der Waals surface area contributed by atoms with E-state index in [2.05, 4.69) is 15.3 Å². The van der Waals surface area contributed by atoms with Gasteiger partial charge < -0.3 is 5.11 Å². The van der Waals surface area contributed by atoms with Gasteiger partial charge in [0, 0.05) is 5.69 Å². The van der Waals surface area contributed by atoms with E-state index >= 15 is 0 Å². The van der Waals surface area contributed by atoms with E-state index in [4.69, 9.17) is 0 Å². The molecule has 0 atom stereocenters. The highest BCUT2D eigenvalue weighted by Gasteiger charge is 2.21. The number of carbonyl (C=O) groups is 1. The van der Waals surface area contributed by atoms with Crippen LogP contribution in [-0.2, 0) is 0 Å². The first-order valence-electron chi connectivity index (χ1n) is 5.95. The Morgan fingerprint density at radius 3 is 2.11 bits per heavy atom. The summed E-state index contributed by atoms with van der Waals surface area (Å²) in [6.07, 6.45) is 0. The lowest BCUT2D eigenvalue weighted by atomic mass is 10.1. The maximum absolute atomic E-state index is 11.5. The lowest BCUT2D eigenvalue weighted by Gasteiger charge is -2.10. The Balaban J connectivity index is 2.79. The lowest BCUT2D eigenvalue weighted by Crippen LogP contribution is -2.14. The number of carboxylic acid groups (broad SMARTS) is 1. The van der Waals surface area contributed by atoms with Crippen LogP contribution in [0, 0.1) is 34.6 Å². The Labute approximate surface area is 111 Å². The smallest absolute Gasteiger partial charge is 0.339 e. The molecule has 0 radical (unpaired) electrons. The fraction of sp³-hybridized carbons (Fsp3) is 0.385. The summed E-state index contributed by atoms with van der Waals surface area (Å²) in [5.74, 6) is -0.750. The molecule has 2 aromatic rings. The van der Waals surface area contributed by atoms with Gasteiger partial charge in [0.15, 0.2) is 5.82 Å². The highest BCUT2D eigenvalue weighted by Crippen LogP contribution is 2.21. The SMILES string of the molecule is Cc1nnc(-n2nc(C)c(C)c2C)c(C(=O)O)c1C. The maximum atomic E-state index is 11.5. The Morgan fingerprint density at radius 1 is 1.00 bits per heavy atom. The monoisotopic (exact) mass is 260 g/mol. The van der Waals surface area contributed by atoms with Crippen LogP contribution in [0.25, 0.3) is 5.82 Å². The van der Waals surface area contributed by atoms with E-state index in [1.54, 1.807) is 18.5 Å². The summed E-state index contributed by atoms with van der Waals surface area (Å²) in [5, 5.41) is 21.8. The average molecular weight is 260 g/mol. The van der Waals surface area contributed by atoms with E-state index in [0.29, 0.717) is 11.3 Å². The summed E-state index contributed by atoms with van der Waals surface area (Å²) < 4.78 is 1.55. The molecule has 0 bridgehead atoms. The number of nitrogens with zero attached hydrogens (tertiary/aromatic N) is 4. The minimum Gasteiger partial charge on any atom is -0.478 e. The highest BCUT2D eigenvalue weighted by atomic mass is 16.4. The third-order valence-electron chi connectivity index (χ3n) is 3.50. The van der Waals surface area contributed by atoms with Gasteiger partial charge in [0.2, 0.25) is 0 Å². The molecule has 2 heterocycles. The number of aryl methyl sites for hydroxylation is 2. The zero-order valence-corrected chi connectivity index (χ0v) is 11.6. The first-order chi connectivity index (χ1) is 8.84. The maximum Gasteiger partial charge on any atom is 0.339 e. The summed E-state index contributed by atoms with van der Waals surface area (Å²) >= 11 is 0. The first kappa shape index (κ1) is 13.2. The van der Waals surface area contributed by atoms with Crippen molar-refractivity contribution in [3.8, 4) is 5.82 Å². The molecule has 2 rings (SSSR count). The van der Waals surface area contributed by atoms with Gasteiger partial charge in [0.05, 0.1) is 11.4 Å². The number of rotatable bonds is 2. The summed E-state index contributed by atoms with van der Waals surface area (Å²) in [4.78, 5) is 11.5. The van der Waals surface area contributed by atoms with Crippen LogP contribution in [0.5, 0.6) is 0 Å². The Bertz CT molecular complexity index is 674. The molecule has 0 spiro atoms. The Morgan fingerprint density at radius 2 is 1.63 bits per heavy atom. The number of hydrogen-bond acceptors (Lipinski definition) is 4. The molecule has 0 aliphatic rings. The summed E-state index contributed by atoms with van der Waals surface area (Å²) in [6, 6.07) is 0. The van der Waals surface area contributed by atoms with Gasteiger partial charge in [-0.05, 0) is 45.7 Å². The molecule has 0 amide bonds. The van der Waals surface area contributed by atoms with Crippen LogP contribution in [-0.4, -0.2) is 31.1 Å². The topological polar surface area (TPSA) is 80.9 Å². The largest absolute Gasteiger partial charge is 0.478 e. The molecule has 6 nitrogen and oxygen atoms in total. The molecule has 0 fully saturated rings. The van der Waals surface area contributed by atoms with E-state index in [1.165, 1.54) is 0 Å². The Hall–Kier alpha value is -2.24. The molecule has 0 unspecified atom stereocenters. The fourth-order valence-electron chi connectivity index (χ4n) is 1.93. The van der Waals surface area contributed by atoms with E-state index in [1.807, 2.05) is 20.8 Å². The molecule has 2 aromatic heterocycles. The van der Waals surface area contributed by atoms with Gasteiger partial charge in [-0.1, -0.05) is 0 Å². The first-order valence-corrected chi connectivity index (χ1v) is 5.95. The second kappa shape index (κ2) is 4.46. The minimum absolute atomic E-state index is 0.151. The van der Waals surface area contributed by atoms with E-state index in [-0.39, 0.29) is 11.4 Å². The minimum atomic E-state index is -1.02. The molecule has 1 N–H and O–H groups in total. The molecule has 0 aliphatic carbocycles. The summed E-state index contributed by atoms with van der Waals surface area (Å²) in [7, 11) is 0. The van der Waals surface area contributed by atoms with E-state index < -0.39 is 5.97 Å². The van der Waals surface area contributed by atoms with Crippen molar-refractivity contribution in [2.75, 3.05) is 0 Å². The number of hydrogen-bond donors (Lipinski definition) is 1. The second-order valence-electron chi connectivity index (χ2n) is 4.62. The van der Waals surface area contributed by atoms with Crippen LogP contribution in [0.3, 0.4) is 0 Å². The van der Waals surface area contributed by atoms with Crippen molar-refractivity contribution in [2.45, 2.75) is 34.6 Å². The van der Waals surface area contributed by atoms with Crippen molar-refractivity contribution in [3.63, 3.8) is 0 Å². The van der Waals surface area contributed by atoms with Crippen molar-refractivity contribution in [3.05, 3.63) is 33.8 Å². The quantitative estimate of drug-likeness (QED) is 0.891. The molecular weight excluding hydrogens is 244 g/mol. The van der Waals surface area contributed by atoms with Gasteiger partial charge in [-0.25, -0.2) is 9.48 Å². The predicted octanol–water partition coefficient (Wildman–Crippen LogP) is 1.90. The van der Waals surface area contributed by atoms with Gasteiger partial charge in [0.1, 0.15) is 5.56 Å². The predicted molar refractivity (Wildman–Crippen MR) is 69.8 cm³/mol. The van der Waals surface area contributed by atoms with Gasteiger partial charge >= 0.3 is 5.97 Å². The normalized spacial score (nSPS) is 10.8.